The minimum absolute atomic E-state index is 0.228. The molecule has 5 rings (SSSR count). The Kier molecular flexibility index (Phi) is 5.40. The Hall–Kier alpha value is -2.50. The summed E-state index contributed by atoms with van der Waals surface area (Å²) in [6.07, 6.45) is 6.74. The van der Waals surface area contributed by atoms with Crippen LogP contribution in [0.5, 0.6) is 0 Å². The number of pyridine rings is 2. The number of hydrogen-bond acceptors (Lipinski definition) is 6. The van der Waals surface area contributed by atoms with Gasteiger partial charge in [0.25, 0.3) is 5.56 Å². The van der Waals surface area contributed by atoms with Crippen molar-refractivity contribution < 1.29 is 4.79 Å². The summed E-state index contributed by atoms with van der Waals surface area (Å²) in [7, 11) is 2.15. The summed E-state index contributed by atoms with van der Waals surface area (Å²) in [4.78, 5) is 35.4. The van der Waals surface area contributed by atoms with Crippen LogP contribution >= 0.6 is 27.3 Å². The highest BCUT2D eigenvalue weighted by molar-refractivity contribution is 9.11. The number of urea groups is 1. The Bertz CT molecular complexity index is 1340. The molecule has 9 nitrogen and oxygen atoms in total. The van der Waals surface area contributed by atoms with Crippen LogP contribution in [-0.2, 0) is 0 Å². The number of piperidine rings is 1. The molecule has 1 aliphatic heterocycles. The van der Waals surface area contributed by atoms with E-state index >= 15 is 0 Å². The van der Waals surface area contributed by atoms with E-state index in [-0.39, 0.29) is 11.6 Å². The maximum atomic E-state index is 12.7. The number of carbonyl (C=O) groups excluding carboxylic acids is 1. The average molecular weight is 504 g/mol. The van der Waals surface area contributed by atoms with Crippen molar-refractivity contribution in [2.75, 3.05) is 32.0 Å². The summed E-state index contributed by atoms with van der Waals surface area (Å²) in [5, 5.41) is 10.8. The molecule has 0 radical (unpaired) electrons. The van der Waals surface area contributed by atoms with E-state index in [1.807, 2.05) is 6.20 Å². The van der Waals surface area contributed by atoms with Gasteiger partial charge in [-0.25, -0.2) is 9.31 Å². The molecule has 2 amide bonds. The Morgan fingerprint density at radius 1 is 1.35 bits per heavy atom. The van der Waals surface area contributed by atoms with Crippen LogP contribution in [0.15, 0.2) is 27.0 Å². The molecule has 0 saturated carbocycles. The van der Waals surface area contributed by atoms with Gasteiger partial charge in [0.2, 0.25) is 0 Å². The zero-order valence-corrected chi connectivity index (χ0v) is 19.3. The van der Waals surface area contributed by atoms with Crippen molar-refractivity contribution in [3.05, 3.63) is 32.6 Å². The fourth-order valence-corrected chi connectivity index (χ4v) is 5.58. The Morgan fingerprint density at radius 2 is 2.16 bits per heavy atom. The predicted molar refractivity (Wildman–Crippen MR) is 126 cm³/mol. The van der Waals surface area contributed by atoms with Gasteiger partial charge in [0, 0.05) is 6.54 Å². The molecule has 0 atom stereocenters. The second-order valence-electron chi connectivity index (χ2n) is 8.00. The molecule has 0 bridgehead atoms. The van der Waals surface area contributed by atoms with E-state index in [4.69, 9.17) is 0 Å². The third kappa shape index (κ3) is 4.04. The lowest BCUT2D eigenvalue weighted by atomic mass is 9.94. The van der Waals surface area contributed by atoms with Gasteiger partial charge in [-0.2, -0.15) is 5.10 Å². The van der Waals surface area contributed by atoms with E-state index in [2.05, 4.69) is 53.6 Å². The molecule has 31 heavy (non-hydrogen) atoms. The van der Waals surface area contributed by atoms with Gasteiger partial charge >= 0.3 is 6.03 Å². The quantitative estimate of drug-likeness (QED) is 0.395. The van der Waals surface area contributed by atoms with Gasteiger partial charge in [0.15, 0.2) is 0 Å². The lowest BCUT2D eigenvalue weighted by Crippen LogP contribution is -2.34. The number of nitrogens with zero attached hydrogens (tertiary/aromatic N) is 4. The molecule has 0 unspecified atom stereocenters. The summed E-state index contributed by atoms with van der Waals surface area (Å²) < 4.78 is 2.57. The van der Waals surface area contributed by atoms with Gasteiger partial charge in [-0.3, -0.25) is 9.78 Å². The number of halogens is 1. The minimum Gasteiger partial charge on any atom is -0.338 e. The van der Waals surface area contributed by atoms with Gasteiger partial charge in [-0.1, -0.05) is 0 Å². The number of rotatable bonds is 4. The van der Waals surface area contributed by atoms with Crippen molar-refractivity contribution in [2.45, 2.75) is 19.3 Å². The monoisotopic (exact) mass is 503 g/mol. The molecular formula is C20H22BrN7O2S. The number of carbonyl (C=O) groups is 1. The van der Waals surface area contributed by atoms with Crippen LogP contribution < -0.4 is 16.2 Å². The normalized spacial score (nSPS) is 15.8. The molecule has 1 aliphatic rings. The Labute approximate surface area is 190 Å². The van der Waals surface area contributed by atoms with Gasteiger partial charge in [-0.05, 0) is 67.3 Å². The van der Waals surface area contributed by atoms with E-state index in [0.29, 0.717) is 40.1 Å². The summed E-state index contributed by atoms with van der Waals surface area (Å²) in [6, 6.07) is 1.44. The van der Waals surface area contributed by atoms with Crippen LogP contribution in [0.25, 0.3) is 26.8 Å². The van der Waals surface area contributed by atoms with Crippen LogP contribution in [0.2, 0.25) is 0 Å². The fraction of sp³-hybridized carbons (Fsp3) is 0.400. The van der Waals surface area contributed by atoms with E-state index in [0.717, 1.165) is 28.1 Å². The third-order valence-corrected chi connectivity index (χ3v) is 7.38. The molecule has 0 aliphatic carbocycles. The van der Waals surface area contributed by atoms with Gasteiger partial charge in [0.1, 0.15) is 21.3 Å². The van der Waals surface area contributed by atoms with Crippen LogP contribution in [0.1, 0.15) is 19.3 Å². The van der Waals surface area contributed by atoms with Crippen molar-refractivity contribution in [3.63, 3.8) is 0 Å². The minimum atomic E-state index is -0.273. The standard InChI is InChI=1S/C20H22BrN7O2S/c1-27-6-3-11(4-7-27)2-5-22-20(30)24-12-8-13-16(23-9-12)17-15(18(29)25-13)19-28(26-17)10-14(21)31-19/h8-11H,2-7H2,1H3,(H,25,29)(H2,22,24,30). The maximum Gasteiger partial charge on any atom is 0.319 e. The summed E-state index contributed by atoms with van der Waals surface area (Å²) in [6.45, 7) is 2.88. The smallest absolute Gasteiger partial charge is 0.319 e. The number of likely N-dealkylation sites (tertiary alicyclic amines) is 1. The SMILES string of the molecule is CN1CCC(CCNC(=O)Nc2cnc3c(c2)[nH]c(=O)c2c3nn3cc(Br)sc23)CC1. The molecule has 4 aromatic heterocycles. The summed E-state index contributed by atoms with van der Waals surface area (Å²) >= 11 is 4.86. The number of fused-ring (bicyclic) bond motifs is 5. The first-order chi connectivity index (χ1) is 15.0. The lowest BCUT2D eigenvalue weighted by molar-refractivity contribution is 0.211. The molecule has 3 N–H and O–H groups in total. The van der Waals surface area contributed by atoms with Gasteiger partial charge < -0.3 is 20.5 Å². The summed E-state index contributed by atoms with van der Waals surface area (Å²) in [5.74, 6) is 0.663. The fourth-order valence-electron chi connectivity index (χ4n) is 4.11. The highest BCUT2D eigenvalue weighted by atomic mass is 79.9. The van der Waals surface area contributed by atoms with Crippen LogP contribution in [-0.4, -0.2) is 57.2 Å². The van der Waals surface area contributed by atoms with Crippen LogP contribution in [0.4, 0.5) is 10.5 Å². The van der Waals surface area contributed by atoms with Gasteiger partial charge in [-0.15, -0.1) is 11.3 Å². The molecular weight excluding hydrogens is 482 g/mol. The number of H-pyrrole nitrogens is 1. The maximum absolute atomic E-state index is 12.7. The third-order valence-electron chi connectivity index (χ3n) is 5.81. The van der Waals surface area contributed by atoms with Crippen molar-refractivity contribution in [1.29, 1.82) is 0 Å². The number of aromatic nitrogens is 4. The first kappa shape index (κ1) is 20.4. The molecule has 0 aromatic carbocycles. The zero-order valence-electron chi connectivity index (χ0n) is 16.9. The highest BCUT2D eigenvalue weighted by Crippen LogP contribution is 2.30. The molecule has 5 heterocycles. The predicted octanol–water partition coefficient (Wildman–Crippen LogP) is 3.40. The van der Waals surface area contributed by atoms with E-state index in [1.165, 1.54) is 24.2 Å². The molecule has 11 heteroatoms. The number of nitrogens with one attached hydrogen (secondary N) is 3. The number of anilines is 1. The van der Waals surface area contributed by atoms with Crippen molar-refractivity contribution in [2.24, 2.45) is 5.92 Å². The largest absolute Gasteiger partial charge is 0.338 e. The zero-order chi connectivity index (χ0) is 21.5. The highest BCUT2D eigenvalue weighted by Gasteiger charge is 2.18. The first-order valence-corrected chi connectivity index (χ1v) is 11.8. The van der Waals surface area contributed by atoms with Gasteiger partial charge in [0.05, 0.1) is 27.4 Å². The second-order valence-corrected chi connectivity index (χ2v) is 10.4. The number of amides is 2. The molecule has 0 spiro atoms. The number of aromatic amines is 1. The molecule has 4 aromatic rings. The van der Waals surface area contributed by atoms with Crippen molar-refractivity contribution in [3.8, 4) is 0 Å². The Balaban J connectivity index is 1.30. The lowest BCUT2D eigenvalue weighted by Gasteiger charge is -2.28. The summed E-state index contributed by atoms with van der Waals surface area (Å²) in [5.41, 5.74) is 1.96. The first-order valence-electron chi connectivity index (χ1n) is 10.2. The van der Waals surface area contributed by atoms with Crippen LogP contribution in [0, 0.1) is 5.92 Å². The molecule has 1 fully saturated rings. The second kappa shape index (κ2) is 8.21. The van der Waals surface area contributed by atoms with E-state index in [9.17, 15) is 9.59 Å². The molecule has 1 saturated heterocycles. The number of hydrogen-bond donors (Lipinski definition) is 3. The van der Waals surface area contributed by atoms with E-state index < -0.39 is 0 Å². The Morgan fingerprint density at radius 3 is 2.97 bits per heavy atom. The van der Waals surface area contributed by atoms with Crippen molar-refractivity contribution in [1.82, 2.24) is 29.8 Å². The van der Waals surface area contributed by atoms with Crippen LogP contribution in [0.3, 0.4) is 0 Å². The van der Waals surface area contributed by atoms with E-state index in [1.54, 1.807) is 16.8 Å². The number of thiazole rings is 1. The average Bonchev–Trinajstić information content (AvgIpc) is 3.25. The van der Waals surface area contributed by atoms with Crippen molar-refractivity contribution >= 4 is 65.8 Å². The topological polar surface area (TPSA) is 107 Å². The molecule has 162 valence electrons.